The Kier molecular flexibility index (Phi) is 5.26. The van der Waals surface area contributed by atoms with E-state index in [9.17, 15) is 4.79 Å². The summed E-state index contributed by atoms with van der Waals surface area (Å²) in [4.78, 5) is 14.2. The van der Waals surface area contributed by atoms with Crippen LogP contribution in [0.5, 0.6) is 0 Å². The van der Waals surface area contributed by atoms with E-state index < -0.39 is 0 Å². The van der Waals surface area contributed by atoms with Gasteiger partial charge in [-0.2, -0.15) is 0 Å². The number of hydrogen-bond donors (Lipinski definition) is 2. The molecule has 110 valence electrons. The second-order valence-corrected chi connectivity index (χ2v) is 5.70. The number of piperidine rings is 1. The number of amides is 2. The van der Waals surface area contributed by atoms with Gasteiger partial charge < -0.3 is 16.0 Å². The second kappa shape index (κ2) is 6.95. The molecule has 1 saturated heterocycles. The maximum absolute atomic E-state index is 12.4. The van der Waals surface area contributed by atoms with Gasteiger partial charge in [0.05, 0.1) is 10.7 Å². The maximum Gasteiger partial charge on any atom is 0.322 e. The van der Waals surface area contributed by atoms with E-state index in [1.54, 1.807) is 12.1 Å². The molecule has 0 aromatic heterocycles. The van der Waals surface area contributed by atoms with Crippen LogP contribution in [-0.4, -0.2) is 30.1 Å². The summed E-state index contributed by atoms with van der Waals surface area (Å²) in [6.45, 7) is 3.46. The lowest BCUT2D eigenvalue weighted by molar-refractivity contribution is 0.138. The van der Waals surface area contributed by atoms with Crippen molar-refractivity contribution in [1.29, 1.82) is 0 Å². The number of nitrogens with one attached hydrogen (secondary N) is 1. The Bertz CT molecular complexity index is 466. The minimum absolute atomic E-state index is 0.108. The fourth-order valence-corrected chi connectivity index (χ4v) is 2.93. The zero-order valence-corrected chi connectivity index (χ0v) is 12.6. The van der Waals surface area contributed by atoms with Gasteiger partial charge in [0.15, 0.2) is 0 Å². The summed E-state index contributed by atoms with van der Waals surface area (Å²) < 4.78 is 0. The van der Waals surface area contributed by atoms with Crippen molar-refractivity contribution in [1.82, 2.24) is 4.90 Å². The third kappa shape index (κ3) is 3.44. The van der Waals surface area contributed by atoms with Crippen molar-refractivity contribution in [2.75, 3.05) is 18.4 Å². The van der Waals surface area contributed by atoms with Crippen molar-refractivity contribution >= 4 is 23.3 Å². The summed E-state index contributed by atoms with van der Waals surface area (Å²) in [5, 5.41) is 3.43. The number of carbonyl (C=O) groups excluding carboxylic acids is 1. The molecular weight excluding hydrogens is 274 g/mol. The normalized spacial score (nSPS) is 22.6. The number of para-hydroxylation sites is 1. The zero-order chi connectivity index (χ0) is 14.5. The number of anilines is 1. The maximum atomic E-state index is 12.4. The SMILES string of the molecule is CCC1CCN(C(=O)Nc2ccccc2Cl)C(CN)C1. The lowest BCUT2D eigenvalue weighted by Crippen LogP contribution is -2.51. The third-order valence-electron chi connectivity index (χ3n) is 4.05. The minimum Gasteiger partial charge on any atom is -0.328 e. The van der Waals surface area contributed by atoms with E-state index in [4.69, 9.17) is 17.3 Å². The van der Waals surface area contributed by atoms with Crippen molar-refractivity contribution in [3.05, 3.63) is 29.3 Å². The Morgan fingerprint density at radius 2 is 2.25 bits per heavy atom. The molecule has 2 rings (SSSR count). The molecule has 2 atom stereocenters. The predicted octanol–water partition coefficient (Wildman–Crippen LogP) is 3.32. The van der Waals surface area contributed by atoms with E-state index in [1.807, 2.05) is 17.0 Å². The van der Waals surface area contributed by atoms with Gasteiger partial charge in [-0.25, -0.2) is 4.79 Å². The first kappa shape index (κ1) is 15.1. The molecule has 2 unspecified atom stereocenters. The summed E-state index contributed by atoms with van der Waals surface area (Å²) in [6.07, 6.45) is 3.18. The molecule has 1 aliphatic rings. The highest BCUT2D eigenvalue weighted by Crippen LogP contribution is 2.26. The number of urea groups is 1. The average molecular weight is 296 g/mol. The number of benzene rings is 1. The van der Waals surface area contributed by atoms with Crippen molar-refractivity contribution in [3.63, 3.8) is 0 Å². The van der Waals surface area contributed by atoms with Gasteiger partial charge in [0.2, 0.25) is 0 Å². The molecule has 1 aliphatic heterocycles. The molecule has 1 aromatic carbocycles. The van der Waals surface area contributed by atoms with E-state index in [0.717, 1.165) is 25.8 Å². The predicted molar refractivity (Wildman–Crippen MR) is 83.0 cm³/mol. The van der Waals surface area contributed by atoms with Crippen molar-refractivity contribution in [3.8, 4) is 0 Å². The molecule has 3 N–H and O–H groups in total. The quantitative estimate of drug-likeness (QED) is 0.898. The number of likely N-dealkylation sites (tertiary alicyclic amines) is 1. The van der Waals surface area contributed by atoms with Crippen LogP contribution >= 0.6 is 11.6 Å². The van der Waals surface area contributed by atoms with Gasteiger partial charge in [-0.05, 0) is 30.9 Å². The van der Waals surface area contributed by atoms with Crippen LogP contribution in [0, 0.1) is 5.92 Å². The van der Waals surface area contributed by atoms with Crippen LogP contribution in [0.1, 0.15) is 26.2 Å². The summed E-state index contributed by atoms with van der Waals surface area (Å²) in [5.74, 6) is 0.674. The molecule has 0 bridgehead atoms. The van der Waals surface area contributed by atoms with Gasteiger partial charge in [0.25, 0.3) is 0 Å². The third-order valence-corrected chi connectivity index (χ3v) is 4.38. The fourth-order valence-electron chi connectivity index (χ4n) is 2.75. The molecular formula is C15H22ClN3O. The Hall–Kier alpha value is -1.26. The van der Waals surface area contributed by atoms with Gasteiger partial charge in [-0.3, -0.25) is 0 Å². The minimum atomic E-state index is -0.108. The number of nitrogens with zero attached hydrogens (tertiary/aromatic N) is 1. The van der Waals surface area contributed by atoms with Crippen LogP contribution in [0.25, 0.3) is 0 Å². The highest BCUT2D eigenvalue weighted by Gasteiger charge is 2.30. The van der Waals surface area contributed by atoms with E-state index in [1.165, 1.54) is 0 Å². The number of rotatable bonds is 3. The number of hydrogen-bond acceptors (Lipinski definition) is 2. The number of carbonyl (C=O) groups is 1. The smallest absolute Gasteiger partial charge is 0.322 e. The zero-order valence-electron chi connectivity index (χ0n) is 11.8. The van der Waals surface area contributed by atoms with E-state index in [2.05, 4.69) is 12.2 Å². The van der Waals surface area contributed by atoms with Crippen LogP contribution in [0.15, 0.2) is 24.3 Å². The molecule has 2 amide bonds. The van der Waals surface area contributed by atoms with Gasteiger partial charge in [-0.1, -0.05) is 37.1 Å². The van der Waals surface area contributed by atoms with Crippen molar-refractivity contribution in [2.24, 2.45) is 11.7 Å². The molecule has 5 heteroatoms. The first-order valence-electron chi connectivity index (χ1n) is 7.18. The number of nitrogens with two attached hydrogens (primary N) is 1. The number of halogens is 1. The van der Waals surface area contributed by atoms with Crippen LogP contribution in [0.3, 0.4) is 0 Å². The largest absolute Gasteiger partial charge is 0.328 e. The lowest BCUT2D eigenvalue weighted by Gasteiger charge is -2.38. The van der Waals surface area contributed by atoms with E-state index in [-0.39, 0.29) is 12.1 Å². The fraction of sp³-hybridized carbons (Fsp3) is 0.533. The Labute approximate surface area is 125 Å². The van der Waals surface area contributed by atoms with Crippen molar-refractivity contribution in [2.45, 2.75) is 32.2 Å². The summed E-state index contributed by atoms with van der Waals surface area (Å²) >= 11 is 6.07. The lowest BCUT2D eigenvalue weighted by atomic mass is 9.89. The monoisotopic (exact) mass is 295 g/mol. The van der Waals surface area contributed by atoms with E-state index >= 15 is 0 Å². The molecule has 0 saturated carbocycles. The highest BCUT2D eigenvalue weighted by atomic mass is 35.5. The summed E-state index contributed by atoms with van der Waals surface area (Å²) in [6, 6.07) is 7.27. The molecule has 0 radical (unpaired) electrons. The van der Waals surface area contributed by atoms with Crippen molar-refractivity contribution < 1.29 is 4.79 Å². The molecule has 4 nitrogen and oxygen atoms in total. The van der Waals surface area contributed by atoms with Gasteiger partial charge in [-0.15, -0.1) is 0 Å². The molecule has 20 heavy (non-hydrogen) atoms. The summed E-state index contributed by atoms with van der Waals surface area (Å²) in [7, 11) is 0. The Morgan fingerprint density at radius 1 is 1.50 bits per heavy atom. The van der Waals surface area contributed by atoms with E-state index in [0.29, 0.717) is 23.2 Å². The first-order chi connectivity index (χ1) is 9.65. The van der Waals surface area contributed by atoms with Gasteiger partial charge in [0.1, 0.15) is 0 Å². The Morgan fingerprint density at radius 3 is 2.90 bits per heavy atom. The molecule has 1 aromatic rings. The summed E-state index contributed by atoms with van der Waals surface area (Å²) in [5.41, 5.74) is 6.47. The van der Waals surface area contributed by atoms with Gasteiger partial charge in [0, 0.05) is 19.1 Å². The molecule has 0 aliphatic carbocycles. The second-order valence-electron chi connectivity index (χ2n) is 5.29. The first-order valence-corrected chi connectivity index (χ1v) is 7.55. The molecule has 1 fully saturated rings. The van der Waals surface area contributed by atoms with Crippen LogP contribution in [0.4, 0.5) is 10.5 Å². The molecule has 1 heterocycles. The van der Waals surface area contributed by atoms with Crippen LogP contribution in [-0.2, 0) is 0 Å². The Balaban J connectivity index is 2.03. The topological polar surface area (TPSA) is 58.4 Å². The van der Waals surface area contributed by atoms with Crippen LogP contribution < -0.4 is 11.1 Å². The standard InChI is InChI=1S/C15H22ClN3O/c1-2-11-7-8-19(12(9-11)10-17)15(20)18-14-6-4-3-5-13(14)16/h3-6,11-12H,2,7-10,17H2,1H3,(H,18,20). The average Bonchev–Trinajstić information content (AvgIpc) is 2.48. The van der Waals surface area contributed by atoms with Crippen LogP contribution in [0.2, 0.25) is 5.02 Å². The highest BCUT2D eigenvalue weighted by molar-refractivity contribution is 6.33. The molecule has 0 spiro atoms. The van der Waals surface area contributed by atoms with Gasteiger partial charge >= 0.3 is 6.03 Å².